The molecule has 92 valence electrons. The average Bonchev–Trinajstić information content (AvgIpc) is 2.39. The van der Waals surface area contributed by atoms with Gasteiger partial charge in [-0.25, -0.2) is 4.79 Å². The molecule has 2 heterocycles. The monoisotopic (exact) mass is 237 g/mol. The number of methoxy groups -OCH3 is 1. The van der Waals surface area contributed by atoms with E-state index in [4.69, 9.17) is 9.84 Å². The number of ether oxygens (including phenoxy) is 1. The summed E-state index contributed by atoms with van der Waals surface area (Å²) < 4.78 is 5.27. The van der Waals surface area contributed by atoms with Crippen molar-refractivity contribution in [1.82, 2.24) is 10.2 Å². The van der Waals surface area contributed by atoms with Crippen molar-refractivity contribution in [1.29, 1.82) is 0 Å². The molecule has 1 N–H and O–H groups in total. The van der Waals surface area contributed by atoms with Crippen LogP contribution in [0.3, 0.4) is 0 Å². The number of piperidine rings is 1. The van der Waals surface area contributed by atoms with E-state index in [1.54, 1.807) is 7.11 Å². The van der Waals surface area contributed by atoms with Gasteiger partial charge in [-0.2, -0.15) is 5.10 Å². The Labute approximate surface area is 99.2 Å². The molecule has 0 aliphatic carbocycles. The average molecular weight is 237 g/mol. The van der Waals surface area contributed by atoms with Gasteiger partial charge < -0.3 is 14.7 Å². The lowest BCUT2D eigenvalue weighted by Gasteiger charge is -2.32. The van der Waals surface area contributed by atoms with Crippen molar-refractivity contribution in [2.24, 2.45) is 0 Å². The fourth-order valence-electron chi connectivity index (χ4n) is 2.03. The summed E-state index contributed by atoms with van der Waals surface area (Å²) in [6, 6.07) is 1.48. The Balaban J connectivity index is 2.15. The normalized spacial score (nSPS) is 17.1. The van der Waals surface area contributed by atoms with Gasteiger partial charge in [-0.1, -0.05) is 0 Å². The second kappa shape index (κ2) is 5.09. The molecule has 2 rings (SSSR count). The molecule has 1 aromatic heterocycles. The molecule has 0 bridgehead atoms. The molecule has 6 nitrogen and oxygen atoms in total. The molecule has 0 unspecified atom stereocenters. The zero-order valence-corrected chi connectivity index (χ0v) is 9.67. The number of anilines is 1. The Hall–Kier alpha value is -1.69. The first kappa shape index (κ1) is 11.8. The molecule has 0 amide bonds. The highest BCUT2D eigenvalue weighted by molar-refractivity contribution is 5.93. The summed E-state index contributed by atoms with van der Waals surface area (Å²) in [6.07, 6.45) is 3.42. The van der Waals surface area contributed by atoms with E-state index in [-0.39, 0.29) is 11.7 Å². The first-order valence-electron chi connectivity index (χ1n) is 5.55. The maximum atomic E-state index is 11.1. The van der Waals surface area contributed by atoms with E-state index in [0.29, 0.717) is 5.82 Å². The van der Waals surface area contributed by atoms with Gasteiger partial charge in [-0.05, 0) is 18.9 Å². The number of hydrogen-bond donors (Lipinski definition) is 1. The van der Waals surface area contributed by atoms with Gasteiger partial charge in [0.1, 0.15) is 5.56 Å². The third kappa shape index (κ3) is 2.52. The maximum absolute atomic E-state index is 11.1. The number of carbonyl (C=O) groups is 1. The number of nitrogens with zero attached hydrogens (tertiary/aromatic N) is 3. The van der Waals surface area contributed by atoms with Gasteiger partial charge in [0, 0.05) is 20.2 Å². The van der Waals surface area contributed by atoms with Crippen molar-refractivity contribution >= 4 is 11.8 Å². The van der Waals surface area contributed by atoms with Crippen molar-refractivity contribution in [3.8, 4) is 0 Å². The first-order valence-corrected chi connectivity index (χ1v) is 5.55. The minimum Gasteiger partial charge on any atom is -0.478 e. The lowest BCUT2D eigenvalue weighted by atomic mass is 10.1. The second-order valence-corrected chi connectivity index (χ2v) is 4.00. The zero-order valence-electron chi connectivity index (χ0n) is 9.67. The number of aromatic nitrogens is 2. The number of hydrogen-bond acceptors (Lipinski definition) is 5. The first-order chi connectivity index (χ1) is 8.22. The highest BCUT2D eigenvalue weighted by Gasteiger charge is 2.23. The van der Waals surface area contributed by atoms with Gasteiger partial charge in [-0.3, -0.25) is 0 Å². The second-order valence-electron chi connectivity index (χ2n) is 4.00. The summed E-state index contributed by atoms with van der Waals surface area (Å²) in [5.41, 5.74) is 0.205. The van der Waals surface area contributed by atoms with Crippen LogP contribution in [0.2, 0.25) is 0 Å². The third-order valence-corrected chi connectivity index (χ3v) is 3.01. The molecule has 1 fully saturated rings. The van der Waals surface area contributed by atoms with Crippen LogP contribution in [0.4, 0.5) is 5.82 Å². The fourth-order valence-corrected chi connectivity index (χ4v) is 2.03. The molecule has 1 aromatic rings. The van der Waals surface area contributed by atoms with E-state index in [1.165, 1.54) is 12.3 Å². The highest BCUT2D eigenvalue weighted by Crippen LogP contribution is 2.21. The van der Waals surface area contributed by atoms with Crippen molar-refractivity contribution in [3.63, 3.8) is 0 Å². The van der Waals surface area contributed by atoms with Crippen LogP contribution in [0.15, 0.2) is 12.3 Å². The Morgan fingerprint density at radius 2 is 2.24 bits per heavy atom. The van der Waals surface area contributed by atoms with E-state index in [2.05, 4.69) is 10.2 Å². The van der Waals surface area contributed by atoms with Gasteiger partial charge in [-0.15, -0.1) is 5.10 Å². The van der Waals surface area contributed by atoms with Crippen LogP contribution >= 0.6 is 0 Å². The van der Waals surface area contributed by atoms with Crippen LogP contribution in [0.25, 0.3) is 0 Å². The third-order valence-electron chi connectivity index (χ3n) is 3.01. The van der Waals surface area contributed by atoms with Crippen molar-refractivity contribution < 1.29 is 14.6 Å². The van der Waals surface area contributed by atoms with Crippen LogP contribution in [0, 0.1) is 0 Å². The van der Waals surface area contributed by atoms with E-state index in [1.807, 2.05) is 4.90 Å². The minimum absolute atomic E-state index is 0.205. The van der Waals surface area contributed by atoms with Crippen molar-refractivity contribution in [2.75, 3.05) is 25.1 Å². The highest BCUT2D eigenvalue weighted by atomic mass is 16.5. The van der Waals surface area contributed by atoms with Gasteiger partial charge in [0.15, 0.2) is 5.82 Å². The quantitative estimate of drug-likeness (QED) is 0.837. The smallest absolute Gasteiger partial charge is 0.339 e. The Morgan fingerprint density at radius 3 is 2.82 bits per heavy atom. The van der Waals surface area contributed by atoms with Gasteiger partial charge in [0.2, 0.25) is 0 Å². The number of carboxylic acids is 1. The Kier molecular flexibility index (Phi) is 3.53. The summed E-state index contributed by atoms with van der Waals surface area (Å²) in [6.45, 7) is 1.50. The predicted octanol–water partition coefficient (Wildman–Crippen LogP) is 0.790. The van der Waals surface area contributed by atoms with Crippen LogP contribution in [0.5, 0.6) is 0 Å². The predicted molar refractivity (Wildman–Crippen MR) is 61.2 cm³/mol. The summed E-state index contributed by atoms with van der Waals surface area (Å²) in [5.74, 6) is -0.515. The zero-order chi connectivity index (χ0) is 12.3. The SMILES string of the molecule is COC1CCN(c2nnccc2C(=O)O)CC1. The molecule has 0 spiro atoms. The molecule has 1 saturated heterocycles. The maximum Gasteiger partial charge on any atom is 0.339 e. The number of carboxylic acid groups (broad SMARTS) is 1. The minimum atomic E-state index is -0.969. The van der Waals surface area contributed by atoms with Gasteiger partial charge in [0.25, 0.3) is 0 Å². The van der Waals surface area contributed by atoms with E-state index < -0.39 is 5.97 Å². The summed E-state index contributed by atoms with van der Waals surface area (Å²) in [7, 11) is 1.70. The van der Waals surface area contributed by atoms with Crippen LogP contribution in [0.1, 0.15) is 23.2 Å². The Morgan fingerprint density at radius 1 is 1.53 bits per heavy atom. The van der Waals surface area contributed by atoms with Gasteiger partial charge in [0.05, 0.1) is 12.3 Å². The van der Waals surface area contributed by atoms with Crippen LogP contribution in [-0.2, 0) is 4.74 Å². The molecule has 0 aromatic carbocycles. The number of rotatable bonds is 3. The lowest BCUT2D eigenvalue weighted by Crippen LogP contribution is -2.38. The standard InChI is InChI=1S/C11H15N3O3/c1-17-8-3-6-14(7-4-8)10-9(11(15)16)2-5-12-13-10/h2,5,8H,3-4,6-7H2,1H3,(H,15,16). The molecule has 0 atom stereocenters. The van der Waals surface area contributed by atoms with E-state index in [9.17, 15) is 4.79 Å². The molecule has 0 saturated carbocycles. The van der Waals surface area contributed by atoms with Crippen LogP contribution in [-0.4, -0.2) is 47.6 Å². The largest absolute Gasteiger partial charge is 0.478 e. The molecule has 17 heavy (non-hydrogen) atoms. The molecular formula is C11H15N3O3. The summed E-state index contributed by atoms with van der Waals surface area (Å²) >= 11 is 0. The van der Waals surface area contributed by atoms with E-state index in [0.717, 1.165) is 25.9 Å². The number of aromatic carboxylic acids is 1. The molecule has 6 heteroatoms. The topological polar surface area (TPSA) is 75.5 Å². The molecular weight excluding hydrogens is 222 g/mol. The van der Waals surface area contributed by atoms with Crippen LogP contribution < -0.4 is 4.90 Å². The lowest BCUT2D eigenvalue weighted by molar-refractivity contribution is 0.0695. The molecule has 1 aliphatic heterocycles. The fraction of sp³-hybridized carbons (Fsp3) is 0.545. The molecule has 1 aliphatic rings. The van der Waals surface area contributed by atoms with Crippen molar-refractivity contribution in [2.45, 2.75) is 18.9 Å². The summed E-state index contributed by atoms with van der Waals surface area (Å²) in [5, 5.41) is 16.8. The molecule has 0 radical (unpaired) electrons. The Bertz CT molecular complexity index is 403. The summed E-state index contributed by atoms with van der Waals surface area (Å²) in [4.78, 5) is 13.0. The van der Waals surface area contributed by atoms with Gasteiger partial charge >= 0.3 is 5.97 Å². The van der Waals surface area contributed by atoms with Crippen molar-refractivity contribution in [3.05, 3.63) is 17.8 Å². The van der Waals surface area contributed by atoms with E-state index >= 15 is 0 Å².